The van der Waals surface area contributed by atoms with Crippen LogP contribution in [0.15, 0.2) is 50.6 Å². The molecule has 4 N–H and O–H groups in total. The maximum Gasteiger partial charge on any atom is 0.274 e. The minimum atomic E-state index is -0.367. The highest BCUT2D eigenvalue weighted by Crippen LogP contribution is 2.30. The second-order valence-corrected chi connectivity index (χ2v) is 5.68. The summed E-state index contributed by atoms with van der Waals surface area (Å²) in [4.78, 5) is 16.1. The summed E-state index contributed by atoms with van der Waals surface area (Å²) < 4.78 is 1.50. The van der Waals surface area contributed by atoms with Crippen molar-refractivity contribution in [2.45, 2.75) is 0 Å². The van der Waals surface area contributed by atoms with Gasteiger partial charge >= 0.3 is 0 Å². The van der Waals surface area contributed by atoms with E-state index < -0.39 is 0 Å². The molecule has 1 amide bonds. The fourth-order valence-corrected chi connectivity index (χ4v) is 2.73. The van der Waals surface area contributed by atoms with Crippen LogP contribution in [0.1, 0.15) is 16.1 Å². The number of benzene rings is 1. The number of nitrogens with two attached hydrogens (primary N) is 1. The molecule has 1 aromatic heterocycles. The van der Waals surface area contributed by atoms with Crippen LogP contribution in [0.5, 0.6) is 0 Å². The van der Waals surface area contributed by atoms with Crippen LogP contribution in [0.3, 0.4) is 0 Å². The van der Waals surface area contributed by atoms with Crippen molar-refractivity contribution in [1.29, 1.82) is 0 Å². The van der Waals surface area contributed by atoms with E-state index in [9.17, 15) is 4.79 Å². The molecular formula is C13H10Br2N4O2. The molecule has 0 unspecified atom stereocenters. The summed E-state index contributed by atoms with van der Waals surface area (Å²) in [6.45, 7) is 0. The molecule has 0 aliphatic heterocycles. The number of pyridine rings is 1. The van der Waals surface area contributed by atoms with Gasteiger partial charge in [-0.05, 0) is 56.1 Å². The van der Waals surface area contributed by atoms with E-state index in [4.69, 9.17) is 10.9 Å². The highest BCUT2D eigenvalue weighted by molar-refractivity contribution is 9.11. The third kappa shape index (κ3) is 3.59. The van der Waals surface area contributed by atoms with E-state index in [1.807, 2.05) is 18.2 Å². The van der Waals surface area contributed by atoms with Crippen molar-refractivity contribution in [2.75, 3.05) is 5.32 Å². The van der Waals surface area contributed by atoms with E-state index in [0.29, 0.717) is 11.3 Å². The molecule has 0 fully saturated rings. The minimum absolute atomic E-state index is 0.0667. The lowest BCUT2D eigenvalue weighted by molar-refractivity contribution is 0.102. The predicted molar refractivity (Wildman–Crippen MR) is 86.5 cm³/mol. The molecule has 0 aliphatic rings. The molecular weight excluding hydrogens is 404 g/mol. The monoisotopic (exact) mass is 412 g/mol. The first kappa shape index (κ1) is 15.5. The average molecular weight is 414 g/mol. The normalized spacial score (nSPS) is 11.2. The fraction of sp³-hybridized carbons (Fsp3) is 0. The number of nitrogens with zero attached hydrogens (tertiary/aromatic N) is 2. The van der Waals surface area contributed by atoms with E-state index in [1.165, 1.54) is 12.3 Å². The van der Waals surface area contributed by atoms with Gasteiger partial charge in [0.2, 0.25) is 0 Å². The SMILES string of the molecule is N/C(=N/O)c1ccc(C(=O)Nc2c(Br)cccc2Br)nc1. The molecule has 1 heterocycles. The molecule has 2 aromatic rings. The summed E-state index contributed by atoms with van der Waals surface area (Å²) in [5, 5.41) is 14.2. The zero-order valence-electron chi connectivity index (χ0n) is 10.5. The minimum Gasteiger partial charge on any atom is -0.409 e. The number of carbonyl (C=O) groups is 1. The highest BCUT2D eigenvalue weighted by atomic mass is 79.9. The Kier molecular flexibility index (Phi) is 4.92. The van der Waals surface area contributed by atoms with Gasteiger partial charge in [-0.2, -0.15) is 0 Å². The zero-order valence-corrected chi connectivity index (χ0v) is 13.7. The van der Waals surface area contributed by atoms with Gasteiger partial charge in [0, 0.05) is 20.7 Å². The van der Waals surface area contributed by atoms with Crippen molar-refractivity contribution in [2.24, 2.45) is 10.9 Å². The lowest BCUT2D eigenvalue weighted by atomic mass is 10.2. The van der Waals surface area contributed by atoms with E-state index in [1.54, 1.807) is 6.07 Å². The number of hydrogen-bond acceptors (Lipinski definition) is 4. The molecule has 0 bridgehead atoms. The van der Waals surface area contributed by atoms with Gasteiger partial charge in [-0.25, -0.2) is 0 Å². The van der Waals surface area contributed by atoms with Crippen molar-refractivity contribution in [3.8, 4) is 0 Å². The Morgan fingerprint density at radius 2 is 1.90 bits per heavy atom. The van der Waals surface area contributed by atoms with Gasteiger partial charge in [0.05, 0.1) is 5.69 Å². The van der Waals surface area contributed by atoms with Crippen LogP contribution < -0.4 is 11.1 Å². The number of amidine groups is 1. The Morgan fingerprint density at radius 1 is 1.24 bits per heavy atom. The van der Waals surface area contributed by atoms with E-state index in [0.717, 1.165) is 8.95 Å². The Labute approximate surface area is 137 Å². The van der Waals surface area contributed by atoms with Crippen LogP contribution >= 0.6 is 31.9 Å². The van der Waals surface area contributed by atoms with Gasteiger partial charge in [-0.15, -0.1) is 0 Å². The number of rotatable bonds is 3. The number of hydrogen-bond donors (Lipinski definition) is 3. The zero-order chi connectivity index (χ0) is 15.4. The molecule has 0 spiro atoms. The summed E-state index contributed by atoms with van der Waals surface area (Å²) in [5.74, 6) is -0.434. The average Bonchev–Trinajstić information content (AvgIpc) is 2.50. The van der Waals surface area contributed by atoms with E-state index in [2.05, 4.69) is 47.3 Å². The molecule has 8 heteroatoms. The third-order valence-electron chi connectivity index (χ3n) is 2.60. The number of para-hydroxylation sites is 1. The van der Waals surface area contributed by atoms with Crippen molar-refractivity contribution >= 4 is 49.3 Å². The van der Waals surface area contributed by atoms with Gasteiger partial charge in [-0.1, -0.05) is 11.2 Å². The number of amides is 1. The van der Waals surface area contributed by atoms with Crippen LogP contribution in [0.2, 0.25) is 0 Å². The number of halogens is 2. The Bertz CT molecular complexity index is 682. The van der Waals surface area contributed by atoms with Crippen molar-refractivity contribution in [3.63, 3.8) is 0 Å². The number of carbonyl (C=O) groups excluding carboxylic acids is 1. The third-order valence-corrected chi connectivity index (χ3v) is 3.92. The predicted octanol–water partition coefficient (Wildman–Crippen LogP) is 2.95. The number of oxime groups is 1. The van der Waals surface area contributed by atoms with Crippen LogP contribution in [0.25, 0.3) is 0 Å². The molecule has 2 rings (SSSR count). The molecule has 6 nitrogen and oxygen atoms in total. The molecule has 0 saturated heterocycles. The molecule has 0 saturated carbocycles. The standard InChI is InChI=1S/C13H10Br2N4O2/c14-8-2-1-3-9(15)11(8)18-13(20)10-5-4-7(6-17-10)12(16)19-21/h1-6,21H,(H2,16,19)(H,18,20). The number of nitrogens with one attached hydrogen (secondary N) is 1. The first-order valence-electron chi connectivity index (χ1n) is 5.72. The maximum absolute atomic E-state index is 12.1. The number of anilines is 1. The fourth-order valence-electron chi connectivity index (χ4n) is 1.53. The second-order valence-electron chi connectivity index (χ2n) is 3.97. The van der Waals surface area contributed by atoms with Gasteiger partial charge in [0.15, 0.2) is 5.84 Å². The van der Waals surface area contributed by atoms with Crippen LogP contribution in [-0.2, 0) is 0 Å². The summed E-state index contributed by atoms with van der Waals surface area (Å²) >= 11 is 6.73. The number of aromatic nitrogens is 1. The summed E-state index contributed by atoms with van der Waals surface area (Å²) in [6, 6.07) is 8.51. The topological polar surface area (TPSA) is 101 Å². The lowest BCUT2D eigenvalue weighted by Gasteiger charge is -2.09. The Morgan fingerprint density at radius 3 is 2.43 bits per heavy atom. The molecule has 0 aliphatic carbocycles. The van der Waals surface area contributed by atoms with Crippen LogP contribution in [-0.4, -0.2) is 21.9 Å². The van der Waals surface area contributed by atoms with Crippen LogP contribution in [0, 0.1) is 0 Å². The maximum atomic E-state index is 12.1. The summed E-state index contributed by atoms with van der Waals surface area (Å²) in [6.07, 6.45) is 1.36. The Balaban J connectivity index is 2.21. The first-order valence-corrected chi connectivity index (χ1v) is 7.31. The summed E-state index contributed by atoms with van der Waals surface area (Å²) in [5.41, 5.74) is 6.69. The van der Waals surface area contributed by atoms with Gasteiger partial charge in [-0.3, -0.25) is 9.78 Å². The van der Waals surface area contributed by atoms with Gasteiger partial charge < -0.3 is 16.3 Å². The van der Waals surface area contributed by atoms with E-state index in [-0.39, 0.29) is 17.4 Å². The van der Waals surface area contributed by atoms with Crippen molar-refractivity contribution < 1.29 is 10.0 Å². The Hall–Kier alpha value is -1.93. The summed E-state index contributed by atoms with van der Waals surface area (Å²) in [7, 11) is 0. The first-order chi connectivity index (χ1) is 10.0. The largest absolute Gasteiger partial charge is 0.409 e. The van der Waals surface area contributed by atoms with Crippen molar-refractivity contribution in [3.05, 3.63) is 56.7 Å². The lowest BCUT2D eigenvalue weighted by Crippen LogP contribution is -2.17. The molecule has 21 heavy (non-hydrogen) atoms. The van der Waals surface area contributed by atoms with Gasteiger partial charge in [0.1, 0.15) is 5.69 Å². The molecule has 0 radical (unpaired) electrons. The second kappa shape index (κ2) is 6.68. The quantitative estimate of drug-likeness (QED) is 0.311. The van der Waals surface area contributed by atoms with E-state index >= 15 is 0 Å². The highest BCUT2D eigenvalue weighted by Gasteiger charge is 2.12. The molecule has 0 atom stereocenters. The smallest absolute Gasteiger partial charge is 0.274 e. The molecule has 1 aromatic carbocycles. The van der Waals surface area contributed by atoms with Crippen molar-refractivity contribution in [1.82, 2.24) is 4.98 Å². The molecule has 108 valence electrons. The van der Waals surface area contributed by atoms with Gasteiger partial charge in [0.25, 0.3) is 5.91 Å². The van der Waals surface area contributed by atoms with Crippen LogP contribution in [0.4, 0.5) is 5.69 Å².